The topological polar surface area (TPSA) is 93.7 Å². The molecule has 2 amide bonds. The van der Waals surface area contributed by atoms with Crippen molar-refractivity contribution >= 4 is 23.7 Å². The predicted molar refractivity (Wildman–Crippen MR) is 117 cm³/mol. The van der Waals surface area contributed by atoms with Crippen LogP contribution in [-0.4, -0.2) is 24.6 Å². The van der Waals surface area contributed by atoms with E-state index in [-0.39, 0.29) is 18.4 Å². The molecule has 1 aliphatic rings. The maximum absolute atomic E-state index is 12.4. The fraction of sp³-hybridized carbons (Fsp3) is 0.292. The van der Waals surface area contributed by atoms with Gasteiger partial charge in [0, 0.05) is 23.9 Å². The van der Waals surface area contributed by atoms with Crippen molar-refractivity contribution in [3.63, 3.8) is 0 Å². The summed E-state index contributed by atoms with van der Waals surface area (Å²) in [4.78, 5) is 35.7. The third kappa shape index (κ3) is 6.99. The monoisotopic (exact) mass is 422 g/mol. The first kappa shape index (κ1) is 22.1. The minimum Gasteiger partial charge on any atom is -0.434 e. The second-order valence-corrected chi connectivity index (χ2v) is 7.19. The summed E-state index contributed by atoms with van der Waals surface area (Å²) in [7, 11) is 0. The number of amides is 2. The lowest BCUT2D eigenvalue weighted by Gasteiger charge is -2.08. The molecular formula is C24H26N2O5. The van der Waals surface area contributed by atoms with Gasteiger partial charge in [0.2, 0.25) is 5.91 Å². The second kappa shape index (κ2) is 11.0. The molecule has 1 saturated carbocycles. The van der Waals surface area contributed by atoms with E-state index in [2.05, 4.69) is 10.6 Å². The highest BCUT2D eigenvalue weighted by molar-refractivity contribution is 6.04. The lowest BCUT2D eigenvalue weighted by molar-refractivity contribution is -0.116. The highest BCUT2D eigenvalue weighted by Gasteiger charge is 2.10. The van der Waals surface area contributed by atoms with Crippen LogP contribution in [0, 0.1) is 0 Å². The smallest absolute Gasteiger partial charge is 0.434 e. The molecule has 162 valence electrons. The molecule has 2 N–H and O–H groups in total. The number of allylic oxidation sites excluding steroid dienone is 1. The van der Waals surface area contributed by atoms with Gasteiger partial charge in [-0.3, -0.25) is 9.59 Å². The first-order valence-electron chi connectivity index (χ1n) is 10.4. The third-order valence-electron chi connectivity index (χ3n) is 4.84. The molecule has 2 aromatic rings. The minimum atomic E-state index is -0.786. The number of anilines is 1. The van der Waals surface area contributed by atoms with E-state index >= 15 is 0 Å². The first-order valence-corrected chi connectivity index (χ1v) is 10.4. The molecule has 2 aromatic carbocycles. The van der Waals surface area contributed by atoms with Crippen molar-refractivity contribution in [3.05, 3.63) is 71.3 Å². The Hall–Kier alpha value is -3.61. The van der Waals surface area contributed by atoms with Gasteiger partial charge in [-0.15, -0.1) is 0 Å². The van der Waals surface area contributed by atoms with E-state index in [0.717, 1.165) is 31.2 Å². The van der Waals surface area contributed by atoms with Crippen LogP contribution in [0.4, 0.5) is 10.5 Å². The summed E-state index contributed by atoms with van der Waals surface area (Å²) in [5.74, 6) is -0.0541. The Bertz CT molecular complexity index is 941. The predicted octanol–water partition coefficient (Wildman–Crippen LogP) is 4.59. The molecule has 0 spiro atoms. The average molecular weight is 422 g/mol. The van der Waals surface area contributed by atoms with Gasteiger partial charge in [0.15, 0.2) is 0 Å². The van der Waals surface area contributed by atoms with E-state index in [0.29, 0.717) is 23.5 Å². The summed E-state index contributed by atoms with van der Waals surface area (Å²) in [6.45, 7) is 2.34. The molecule has 0 aromatic heterocycles. The third-order valence-corrected chi connectivity index (χ3v) is 4.84. The van der Waals surface area contributed by atoms with Crippen LogP contribution in [0.25, 0.3) is 0 Å². The van der Waals surface area contributed by atoms with Gasteiger partial charge in [-0.05, 0) is 74.6 Å². The van der Waals surface area contributed by atoms with Crippen molar-refractivity contribution in [2.24, 2.45) is 0 Å². The number of benzene rings is 2. The lowest BCUT2D eigenvalue weighted by atomic mass is 10.1. The van der Waals surface area contributed by atoms with Gasteiger partial charge in [0.05, 0.1) is 6.61 Å². The Morgan fingerprint density at radius 3 is 2.29 bits per heavy atom. The summed E-state index contributed by atoms with van der Waals surface area (Å²) >= 11 is 0. The summed E-state index contributed by atoms with van der Waals surface area (Å²) in [5, 5.41) is 5.70. The molecule has 7 nitrogen and oxygen atoms in total. The zero-order valence-electron chi connectivity index (χ0n) is 17.5. The Morgan fingerprint density at radius 1 is 0.968 bits per heavy atom. The Morgan fingerprint density at radius 2 is 1.65 bits per heavy atom. The molecule has 0 atom stereocenters. The quantitative estimate of drug-likeness (QED) is 0.387. The number of carbonyl (C=O) groups excluding carboxylic acids is 3. The SMILES string of the molecule is CCOC(=O)Oc1ccc(C(=O)Nc2ccc(CNC(=O)C=C3CCCC3)cc2)cc1. The second-order valence-electron chi connectivity index (χ2n) is 7.19. The lowest BCUT2D eigenvalue weighted by Crippen LogP contribution is -2.20. The number of hydrogen-bond donors (Lipinski definition) is 2. The van der Waals surface area contributed by atoms with E-state index in [1.165, 1.54) is 17.7 Å². The van der Waals surface area contributed by atoms with Gasteiger partial charge < -0.3 is 20.1 Å². The average Bonchev–Trinajstić information content (AvgIpc) is 3.27. The van der Waals surface area contributed by atoms with E-state index in [1.807, 2.05) is 12.1 Å². The fourth-order valence-corrected chi connectivity index (χ4v) is 3.23. The zero-order chi connectivity index (χ0) is 22.1. The molecular weight excluding hydrogens is 396 g/mol. The van der Waals surface area contributed by atoms with Gasteiger partial charge in [0.1, 0.15) is 5.75 Å². The van der Waals surface area contributed by atoms with Crippen molar-refractivity contribution in [2.75, 3.05) is 11.9 Å². The maximum Gasteiger partial charge on any atom is 0.513 e. The van der Waals surface area contributed by atoms with Gasteiger partial charge in [-0.1, -0.05) is 17.7 Å². The molecule has 0 bridgehead atoms. The van der Waals surface area contributed by atoms with E-state index in [9.17, 15) is 14.4 Å². The summed E-state index contributed by atoms with van der Waals surface area (Å²) in [6, 6.07) is 13.5. The molecule has 0 aliphatic heterocycles. The maximum atomic E-state index is 12.4. The zero-order valence-corrected chi connectivity index (χ0v) is 17.5. The minimum absolute atomic E-state index is 0.0651. The molecule has 31 heavy (non-hydrogen) atoms. The van der Waals surface area contributed by atoms with Crippen LogP contribution in [0.3, 0.4) is 0 Å². The van der Waals surface area contributed by atoms with E-state index in [1.54, 1.807) is 37.3 Å². The number of rotatable bonds is 7. The van der Waals surface area contributed by atoms with Gasteiger partial charge in [-0.2, -0.15) is 0 Å². The normalized spacial score (nSPS) is 12.7. The highest BCUT2D eigenvalue weighted by Crippen LogP contribution is 2.23. The van der Waals surface area contributed by atoms with Crippen molar-refractivity contribution < 1.29 is 23.9 Å². The Kier molecular flexibility index (Phi) is 7.81. The number of hydrogen-bond acceptors (Lipinski definition) is 5. The molecule has 0 unspecified atom stereocenters. The van der Waals surface area contributed by atoms with Crippen LogP contribution in [-0.2, 0) is 16.1 Å². The fourth-order valence-electron chi connectivity index (χ4n) is 3.23. The van der Waals surface area contributed by atoms with Gasteiger partial charge in [-0.25, -0.2) is 4.79 Å². The van der Waals surface area contributed by atoms with Crippen molar-refractivity contribution in [3.8, 4) is 5.75 Å². The first-order chi connectivity index (χ1) is 15.0. The van der Waals surface area contributed by atoms with Crippen LogP contribution in [0.1, 0.15) is 48.5 Å². The highest BCUT2D eigenvalue weighted by atomic mass is 16.7. The molecule has 1 fully saturated rings. The number of ether oxygens (including phenoxy) is 2. The molecule has 0 saturated heterocycles. The van der Waals surface area contributed by atoms with Crippen LogP contribution >= 0.6 is 0 Å². The Balaban J connectivity index is 1.48. The van der Waals surface area contributed by atoms with Gasteiger partial charge in [0.25, 0.3) is 5.91 Å². The van der Waals surface area contributed by atoms with Crippen LogP contribution in [0.5, 0.6) is 5.75 Å². The summed E-state index contributed by atoms with van der Waals surface area (Å²) < 4.78 is 9.68. The van der Waals surface area contributed by atoms with Gasteiger partial charge >= 0.3 is 6.16 Å². The summed E-state index contributed by atoms with van der Waals surface area (Å²) in [5.41, 5.74) is 3.22. The molecule has 3 rings (SSSR count). The largest absolute Gasteiger partial charge is 0.513 e. The summed E-state index contributed by atoms with van der Waals surface area (Å²) in [6.07, 6.45) is 5.29. The van der Waals surface area contributed by atoms with Crippen LogP contribution in [0.15, 0.2) is 60.2 Å². The number of nitrogens with one attached hydrogen (secondary N) is 2. The molecule has 0 heterocycles. The van der Waals surface area contributed by atoms with Crippen molar-refractivity contribution in [2.45, 2.75) is 39.2 Å². The van der Waals surface area contributed by atoms with Crippen LogP contribution < -0.4 is 15.4 Å². The molecule has 7 heteroatoms. The molecule has 1 aliphatic carbocycles. The van der Waals surface area contributed by atoms with Crippen molar-refractivity contribution in [1.82, 2.24) is 5.32 Å². The van der Waals surface area contributed by atoms with E-state index < -0.39 is 6.16 Å². The number of carbonyl (C=O) groups is 3. The standard InChI is InChI=1S/C24H26N2O5/c1-2-30-24(29)31-21-13-9-19(10-14-21)23(28)26-20-11-7-18(8-12-20)16-25-22(27)15-17-5-3-4-6-17/h7-15H,2-6,16H2,1H3,(H,25,27)(H,26,28). The molecule has 0 radical (unpaired) electrons. The van der Waals surface area contributed by atoms with Crippen molar-refractivity contribution in [1.29, 1.82) is 0 Å². The van der Waals surface area contributed by atoms with Crippen LogP contribution in [0.2, 0.25) is 0 Å². The Labute approximate surface area is 181 Å². The van der Waals surface area contributed by atoms with E-state index in [4.69, 9.17) is 9.47 Å².